The lowest BCUT2D eigenvalue weighted by molar-refractivity contribution is -0.192. The number of carbonyl (C=O) groups is 1. The Balaban J connectivity index is 0.000000559. The Kier molecular flexibility index (Phi) is 10.1. The number of benzene rings is 1. The highest BCUT2D eigenvalue weighted by Gasteiger charge is 2.49. The molecule has 0 spiro atoms. The van der Waals surface area contributed by atoms with Crippen LogP contribution in [0.25, 0.3) is 0 Å². The minimum absolute atomic E-state index is 0.00184. The molecule has 2 saturated heterocycles. The van der Waals surface area contributed by atoms with Gasteiger partial charge in [-0.25, -0.2) is 31.0 Å². The summed E-state index contributed by atoms with van der Waals surface area (Å²) in [6.07, 6.45) is -3.12. The van der Waals surface area contributed by atoms with E-state index in [2.05, 4.69) is 10.3 Å². The van der Waals surface area contributed by atoms with Crippen LogP contribution in [0.5, 0.6) is 5.88 Å². The minimum atomic E-state index is -5.08. The predicted molar refractivity (Wildman–Crippen MR) is 135 cm³/mol. The van der Waals surface area contributed by atoms with Gasteiger partial charge in [0.2, 0.25) is 15.9 Å². The van der Waals surface area contributed by atoms with Crippen molar-refractivity contribution in [3.8, 4) is 5.88 Å². The molecular weight excluding hydrogens is 584 g/mol. The van der Waals surface area contributed by atoms with E-state index in [1.165, 1.54) is 16.4 Å². The van der Waals surface area contributed by atoms with Crippen molar-refractivity contribution in [2.24, 2.45) is 5.73 Å². The number of aliphatic carboxylic acids is 1. The van der Waals surface area contributed by atoms with Crippen LogP contribution in [0, 0.1) is 5.82 Å². The van der Waals surface area contributed by atoms with Gasteiger partial charge in [-0.15, -0.1) is 0 Å². The van der Waals surface area contributed by atoms with E-state index in [9.17, 15) is 34.4 Å². The monoisotopic (exact) mass is 612 g/mol. The quantitative estimate of drug-likeness (QED) is 0.387. The summed E-state index contributed by atoms with van der Waals surface area (Å²) < 4.78 is 103. The predicted octanol–water partition coefficient (Wildman–Crippen LogP) is 1.22. The highest BCUT2D eigenvalue weighted by atomic mass is 32.3. The van der Waals surface area contributed by atoms with Crippen LogP contribution in [0.4, 0.5) is 17.6 Å². The molecule has 4 N–H and O–H groups in total. The summed E-state index contributed by atoms with van der Waals surface area (Å²) in [5.74, 6) is -3.29. The lowest BCUT2D eigenvalue weighted by Gasteiger charge is -2.30. The Morgan fingerprint density at radius 2 is 1.88 bits per heavy atom. The van der Waals surface area contributed by atoms with Crippen LogP contribution in [-0.2, 0) is 31.2 Å². The molecule has 11 nitrogen and oxygen atoms in total. The normalized spacial score (nSPS) is 23.2. The van der Waals surface area contributed by atoms with Crippen LogP contribution >= 0.6 is 0 Å². The number of aromatic nitrogens is 1. The van der Waals surface area contributed by atoms with Crippen LogP contribution in [-0.4, -0.2) is 86.0 Å². The van der Waals surface area contributed by atoms with Crippen molar-refractivity contribution >= 4 is 25.8 Å². The van der Waals surface area contributed by atoms with Crippen molar-refractivity contribution in [2.75, 3.05) is 32.0 Å². The average molecular weight is 613 g/mol. The van der Waals surface area contributed by atoms with Crippen LogP contribution < -0.4 is 15.8 Å². The zero-order chi connectivity index (χ0) is 29.7. The number of rotatable bonds is 7. The number of nitrogens with one attached hydrogen (secondary N) is 1. The number of hydrogen-bond acceptors (Lipinski definition) is 9. The standard InChI is InChI=1S/C21H27FN4O5S2.C2HF3O2/c22-18-3-1-16(2-4-18)17-10-19(14-31-20-9-15(11-23)5-6-25-20)26(13-17)33(29,30)21-12-24-7-8-32(21,27)28;3-2(4,5)1(6)7/h1-6,9,17,19,21,24H,7-8,10-14,23H2;(H,6,7). The highest BCUT2D eigenvalue weighted by molar-refractivity contribution is 8.08. The second-order valence-corrected chi connectivity index (χ2v) is 13.7. The lowest BCUT2D eigenvalue weighted by atomic mass is 9.96. The van der Waals surface area contributed by atoms with Crippen LogP contribution in [0.1, 0.15) is 23.5 Å². The van der Waals surface area contributed by atoms with Crippen molar-refractivity contribution in [1.29, 1.82) is 0 Å². The van der Waals surface area contributed by atoms with Crippen molar-refractivity contribution in [3.63, 3.8) is 0 Å². The molecule has 3 atom stereocenters. The Labute approximate surface area is 228 Å². The van der Waals surface area contributed by atoms with Crippen LogP contribution in [0.3, 0.4) is 0 Å². The first kappa shape index (κ1) is 31.7. The fourth-order valence-electron chi connectivity index (χ4n) is 4.30. The summed E-state index contributed by atoms with van der Waals surface area (Å²) in [5, 5.41) is 10.00. The van der Waals surface area contributed by atoms with Gasteiger partial charge in [0.25, 0.3) is 0 Å². The topological polar surface area (TPSA) is 169 Å². The van der Waals surface area contributed by atoms with Gasteiger partial charge in [-0.05, 0) is 41.7 Å². The van der Waals surface area contributed by atoms with Crippen molar-refractivity contribution in [3.05, 3.63) is 59.5 Å². The molecule has 2 aliphatic heterocycles. The first-order chi connectivity index (χ1) is 18.6. The largest absolute Gasteiger partial charge is 0.490 e. The van der Waals surface area contributed by atoms with Crippen LogP contribution in [0.2, 0.25) is 0 Å². The van der Waals surface area contributed by atoms with E-state index in [0.717, 1.165) is 11.1 Å². The van der Waals surface area contributed by atoms with Gasteiger partial charge in [-0.1, -0.05) is 12.1 Å². The molecule has 2 aromatic rings. The number of sulfonamides is 1. The average Bonchev–Trinajstić information content (AvgIpc) is 3.33. The fourth-order valence-corrected chi connectivity index (χ4v) is 9.05. The van der Waals surface area contributed by atoms with E-state index < -0.39 is 42.6 Å². The lowest BCUT2D eigenvalue weighted by Crippen LogP contribution is -2.54. The number of halogens is 4. The molecule has 0 aliphatic carbocycles. The molecule has 222 valence electrons. The maximum atomic E-state index is 13.5. The summed E-state index contributed by atoms with van der Waals surface area (Å²) in [4.78, 5) is 13.0. The number of ether oxygens (including phenoxy) is 1. The van der Waals surface area contributed by atoms with Crippen molar-refractivity contribution in [2.45, 2.75) is 35.7 Å². The van der Waals surface area contributed by atoms with Crippen molar-refractivity contribution < 1.29 is 49.0 Å². The van der Waals surface area contributed by atoms with E-state index in [1.807, 2.05) is 0 Å². The third-order valence-corrected chi connectivity index (χ3v) is 11.6. The molecule has 0 bridgehead atoms. The van der Waals surface area contributed by atoms with Gasteiger partial charge in [0.15, 0.2) is 14.4 Å². The Morgan fingerprint density at radius 3 is 2.45 bits per heavy atom. The molecular formula is C23H28F4N4O7S2. The number of nitrogens with two attached hydrogens (primary N) is 1. The second-order valence-electron chi connectivity index (χ2n) is 9.07. The smallest absolute Gasteiger partial charge is 0.476 e. The molecule has 40 heavy (non-hydrogen) atoms. The minimum Gasteiger partial charge on any atom is -0.476 e. The molecule has 3 heterocycles. The molecule has 1 aromatic carbocycles. The molecule has 2 aliphatic rings. The number of hydrogen-bond donors (Lipinski definition) is 3. The SMILES string of the molecule is NCc1ccnc(OCC2CC(c3ccc(F)cc3)CN2S(=O)(=O)C2CNCCS2(=O)=O)c1.O=C(O)C(F)(F)F. The van der Waals surface area contributed by atoms with Gasteiger partial charge >= 0.3 is 12.1 Å². The van der Waals surface area contributed by atoms with Gasteiger partial charge in [0.05, 0.1) is 11.8 Å². The zero-order valence-corrected chi connectivity index (χ0v) is 22.6. The molecule has 17 heteroatoms. The fraction of sp³-hybridized carbons (Fsp3) is 0.478. The van der Waals surface area contributed by atoms with E-state index in [0.29, 0.717) is 18.8 Å². The Hall–Kier alpha value is -2.86. The van der Waals surface area contributed by atoms with Gasteiger partial charge in [-0.3, -0.25) is 0 Å². The van der Waals surface area contributed by atoms with E-state index in [-0.39, 0.29) is 43.7 Å². The zero-order valence-electron chi connectivity index (χ0n) is 20.9. The van der Waals surface area contributed by atoms with Crippen LogP contribution in [0.15, 0.2) is 42.6 Å². The number of carboxylic acids is 1. The number of nitrogens with zero attached hydrogens (tertiary/aromatic N) is 2. The Bertz CT molecular complexity index is 1390. The highest BCUT2D eigenvalue weighted by Crippen LogP contribution is 2.36. The maximum absolute atomic E-state index is 13.5. The second kappa shape index (κ2) is 12.8. The Morgan fingerprint density at radius 1 is 1.23 bits per heavy atom. The summed E-state index contributed by atoms with van der Waals surface area (Å²) in [7, 11) is -8.01. The third kappa shape index (κ3) is 7.87. The molecule has 0 radical (unpaired) electrons. The summed E-state index contributed by atoms with van der Waals surface area (Å²) >= 11 is 0. The first-order valence-electron chi connectivity index (χ1n) is 11.9. The molecule has 1 aromatic heterocycles. The summed E-state index contributed by atoms with van der Waals surface area (Å²) in [6.45, 7) is 0.461. The number of pyridine rings is 1. The van der Waals surface area contributed by atoms with Crippen molar-refractivity contribution in [1.82, 2.24) is 14.6 Å². The third-order valence-electron chi connectivity index (χ3n) is 6.34. The number of sulfone groups is 1. The molecule has 4 rings (SSSR count). The van der Waals surface area contributed by atoms with E-state index in [4.69, 9.17) is 20.4 Å². The van der Waals surface area contributed by atoms with Gasteiger partial charge in [0, 0.05) is 38.4 Å². The van der Waals surface area contributed by atoms with E-state index >= 15 is 0 Å². The molecule has 2 fully saturated rings. The summed E-state index contributed by atoms with van der Waals surface area (Å²) in [5.41, 5.74) is 7.26. The van der Waals surface area contributed by atoms with Gasteiger partial charge in [0.1, 0.15) is 12.4 Å². The number of alkyl halides is 3. The molecule has 0 saturated carbocycles. The first-order valence-corrected chi connectivity index (χ1v) is 15.1. The molecule has 0 amide bonds. The molecule has 3 unspecified atom stereocenters. The van der Waals surface area contributed by atoms with Gasteiger partial charge in [-0.2, -0.15) is 17.5 Å². The maximum Gasteiger partial charge on any atom is 0.490 e. The van der Waals surface area contributed by atoms with E-state index in [1.54, 1.807) is 30.5 Å². The number of carboxylic acid groups (broad SMARTS) is 1. The summed E-state index contributed by atoms with van der Waals surface area (Å²) in [6, 6.07) is 8.74. The van der Waals surface area contributed by atoms with Gasteiger partial charge < -0.3 is 20.9 Å².